The number of rotatable bonds is 6. The molecule has 12 heteroatoms. The molecule has 0 unspecified atom stereocenters. The molecule has 37 heavy (non-hydrogen) atoms. The second-order valence-electron chi connectivity index (χ2n) is 7.88. The number of anilines is 1. The van der Waals surface area contributed by atoms with E-state index in [1.165, 1.54) is 25.3 Å². The first-order valence-electron chi connectivity index (χ1n) is 10.6. The summed E-state index contributed by atoms with van der Waals surface area (Å²) in [7, 11) is -3.27. The minimum atomic E-state index is -4.69. The lowest BCUT2D eigenvalue weighted by Gasteiger charge is -2.14. The first-order valence-corrected chi connectivity index (χ1v) is 12.8. The van der Waals surface area contributed by atoms with E-state index in [0.717, 1.165) is 0 Å². The Hall–Kier alpha value is -3.70. The highest BCUT2D eigenvalue weighted by molar-refractivity contribution is 7.86. The molecule has 0 aliphatic rings. The van der Waals surface area contributed by atoms with Gasteiger partial charge in [-0.3, -0.25) is 9.35 Å². The molecule has 0 atom stereocenters. The number of ether oxygens (including phenoxy) is 1. The molecule has 4 aromatic carbocycles. The minimum Gasteiger partial charge on any atom is -0.505 e. The van der Waals surface area contributed by atoms with Crippen LogP contribution in [0.25, 0.3) is 10.8 Å². The van der Waals surface area contributed by atoms with Crippen LogP contribution in [0.15, 0.2) is 75.8 Å². The Morgan fingerprint density at radius 2 is 1.68 bits per heavy atom. The van der Waals surface area contributed by atoms with E-state index < -0.39 is 26.7 Å². The number of benzene rings is 4. The highest BCUT2D eigenvalue weighted by Gasteiger charge is 2.22. The number of hydrogen-bond donors (Lipinski definition) is 3. The first-order chi connectivity index (χ1) is 17.5. The lowest BCUT2D eigenvalue weighted by Crippen LogP contribution is -2.13. The summed E-state index contributed by atoms with van der Waals surface area (Å²) in [6.07, 6.45) is 0. The van der Waals surface area contributed by atoms with Crippen LogP contribution in [0.2, 0.25) is 10.0 Å². The number of carbonyl (C=O) groups excluding carboxylic acids is 1. The molecular formula is C25H19Cl2N3O6S. The normalized spacial score (nSPS) is 11.7. The van der Waals surface area contributed by atoms with Crippen molar-refractivity contribution in [2.75, 3.05) is 12.4 Å². The molecular weight excluding hydrogens is 541 g/mol. The predicted molar refractivity (Wildman–Crippen MR) is 142 cm³/mol. The van der Waals surface area contributed by atoms with Crippen LogP contribution >= 0.6 is 23.2 Å². The van der Waals surface area contributed by atoms with E-state index in [0.29, 0.717) is 22.1 Å². The van der Waals surface area contributed by atoms with E-state index in [2.05, 4.69) is 15.5 Å². The zero-order chi connectivity index (χ0) is 26.9. The van der Waals surface area contributed by atoms with E-state index >= 15 is 0 Å². The number of nitrogens with zero attached hydrogens (tertiary/aromatic N) is 2. The van der Waals surface area contributed by atoms with Gasteiger partial charge in [-0.2, -0.15) is 8.42 Å². The fraction of sp³-hybridized carbons (Fsp3) is 0.0800. The summed E-state index contributed by atoms with van der Waals surface area (Å²) in [4.78, 5) is 12.7. The van der Waals surface area contributed by atoms with Crippen LogP contribution in [0.5, 0.6) is 11.5 Å². The van der Waals surface area contributed by atoms with Gasteiger partial charge in [0.15, 0.2) is 5.75 Å². The van der Waals surface area contributed by atoms with Crippen molar-refractivity contribution in [2.45, 2.75) is 11.8 Å². The Kier molecular flexibility index (Phi) is 7.37. The molecule has 0 aromatic heterocycles. The molecule has 0 saturated heterocycles. The van der Waals surface area contributed by atoms with Gasteiger partial charge in [0.05, 0.1) is 22.7 Å². The number of amides is 1. The van der Waals surface area contributed by atoms with E-state index in [1.54, 1.807) is 49.4 Å². The number of carbonyl (C=O) groups is 1. The van der Waals surface area contributed by atoms with Crippen molar-refractivity contribution < 1.29 is 27.6 Å². The molecule has 3 N–H and O–H groups in total. The quantitative estimate of drug-likeness (QED) is 0.170. The highest BCUT2D eigenvalue weighted by Crippen LogP contribution is 2.42. The maximum atomic E-state index is 13.2. The zero-order valence-electron chi connectivity index (χ0n) is 19.4. The zero-order valence-corrected chi connectivity index (χ0v) is 21.7. The molecule has 0 aliphatic heterocycles. The van der Waals surface area contributed by atoms with E-state index in [4.69, 9.17) is 27.9 Å². The number of azo groups is 1. The van der Waals surface area contributed by atoms with Crippen molar-refractivity contribution in [1.82, 2.24) is 0 Å². The van der Waals surface area contributed by atoms with Gasteiger partial charge < -0.3 is 15.2 Å². The lowest BCUT2D eigenvalue weighted by molar-refractivity contribution is 0.102. The molecule has 0 aliphatic carbocycles. The number of halogens is 2. The van der Waals surface area contributed by atoms with Crippen LogP contribution in [-0.2, 0) is 10.1 Å². The fourth-order valence-electron chi connectivity index (χ4n) is 3.66. The number of hydrogen-bond acceptors (Lipinski definition) is 7. The monoisotopic (exact) mass is 559 g/mol. The summed E-state index contributed by atoms with van der Waals surface area (Å²) in [6, 6.07) is 15.7. The SMILES string of the molecule is COc1cccc(Cl)c1NC(=O)c1cc2ccccc2c(N=Nc2c(Cl)cc(C)cc2S(=O)(=O)O)c1O. The predicted octanol–water partition coefficient (Wildman–Crippen LogP) is 7.08. The Morgan fingerprint density at radius 1 is 0.973 bits per heavy atom. The second-order valence-corrected chi connectivity index (χ2v) is 10.1. The Bertz CT molecular complexity index is 1690. The van der Waals surface area contributed by atoms with Gasteiger partial charge in [0.1, 0.15) is 27.7 Å². The Morgan fingerprint density at radius 3 is 2.38 bits per heavy atom. The maximum Gasteiger partial charge on any atom is 0.296 e. The van der Waals surface area contributed by atoms with Gasteiger partial charge in [0.2, 0.25) is 0 Å². The van der Waals surface area contributed by atoms with Crippen molar-refractivity contribution >= 4 is 67.1 Å². The van der Waals surface area contributed by atoms with Crippen LogP contribution in [-0.4, -0.2) is 31.1 Å². The first kappa shape index (κ1) is 26.4. The number of methoxy groups -OCH3 is 1. The molecule has 0 radical (unpaired) electrons. The van der Waals surface area contributed by atoms with E-state index in [1.807, 2.05) is 0 Å². The fourth-order valence-corrected chi connectivity index (χ4v) is 4.98. The van der Waals surface area contributed by atoms with Gasteiger partial charge in [-0.25, -0.2) is 0 Å². The Balaban J connectivity index is 1.87. The molecule has 4 aromatic rings. The number of para-hydroxylation sites is 1. The van der Waals surface area contributed by atoms with Crippen LogP contribution in [0.1, 0.15) is 15.9 Å². The molecule has 9 nitrogen and oxygen atoms in total. The topological polar surface area (TPSA) is 138 Å². The number of fused-ring (bicyclic) bond motifs is 1. The molecule has 0 fully saturated rings. The van der Waals surface area contributed by atoms with Gasteiger partial charge in [0, 0.05) is 5.39 Å². The number of phenols is 1. The summed E-state index contributed by atoms with van der Waals surface area (Å²) in [5.74, 6) is -0.923. The molecule has 0 bridgehead atoms. The minimum absolute atomic E-state index is 0.0834. The van der Waals surface area contributed by atoms with Crippen LogP contribution in [0.4, 0.5) is 17.1 Å². The smallest absolute Gasteiger partial charge is 0.296 e. The average molecular weight is 560 g/mol. The molecule has 0 spiro atoms. The van der Waals surface area contributed by atoms with Crippen molar-refractivity contribution in [3.63, 3.8) is 0 Å². The Labute approximate surface area is 222 Å². The maximum absolute atomic E-state index is 13.2. The van der Waals surface area contributed by atoms with Gasteiger partial charge in [-0.1, -0.05) is 53.5 Å². The summed E-state index contributed by atoms with van der Waals surface area (Å²) in [5.41, 5.74) is 0.0796. The van der Waals surface area contributed by atoms with Crippen LogP contribution in [0.3, 0.4) is 0 Å². The third kappa shape index (κ3) is 5.37. The molecule has 1 amide bonds. The third-order valence-electron chi connectivity index (χ3n) is 5.37. The van der Waals surface area contributed by atoms with Crippen LogP contribution < -0.4 is 10.1 Å². The molecule has 0 heterocycles. The number of phenolic OH excluding ortho intramolecular Hbond substituents is 1. The number of aryl methyl sites for hydroxylation is 1. The summed E-state index contributed by atoms with van der Waals surface area (Å²) < 4.78 is 38.7. The van der Waals surface area contributed by atoms with Gasteiger partial charge >= 0.3 is 0 Å². The molecule has 190 valence electrons. The van der Waals surface area contributed by atoms with Crippen molar-refractivity contribution in [1.29, 1.82) is 0 Å². The standard InChI is InChI=1S/C25H19Cl2N3O6S/c1-13-10-18(27)23(20(11-13)37(33,34)35)30-29-21-15-7-4-3-6-14(15)12-16(24(21)31)25(32)28-22-17(26)8-5-9-19(22)36-2/h3-12,31H,1-2H3,(H,28,32)(H,33,34,35). The molecule has 0 saturated carbocycles. The van der Waals surface area contributed by atoms with E-state index in [9.17, 15) is 22.9 Å². The average Bonchev–Trinajstić information content (AvgIpc) is 2.84. The van der Waals surface area contributed by atoms with Crippen LogP contribution in [0, 0.1) is 6.92 Å². The summed E-state index contributed by atoms with van der Waals surface area (Å²) in [6.45, 7) is 1.59. The van der Waals surface area contributed by atoms with Crippen molar-refractivity contribution in [3.05, 3.63) is 81.8 Å². The third-order valence-corrected chi connectivity index (χ3v) is 6.84. The summed E-state index contributed by atoms with van der Waals surface area (Å²) in [5, 5.41) is 22.8. The highest BCUT2D eigenvalue weighted by atomic mass is 35.5. The van der Waals surface area contributed by atoms with E-state index in [-0.39, 0.29) is 32.7 Å². The van der Waals surface area contributed by atoms with Crippen molar-refractivity contribution in [2.24, 2.45) is 10.2 Å². The van der Waals surface area contributed by atoms with Crippen molar-refractivity contribution in [3.8, 4) is 11.5 Å². The summed E-state index contributed by atoms with van der Waals surface area (Å²) >= 11 is 12.4. The van der Waals surface area contributed by atoms with Gasteiger partial charge in [-0.15, -0.1) is 10.2 Å². The lowest BCUT2D eigenvalue weighted by atomic mass is 10.0. The largest absolute Gasteiger partial charge is 0.505 e. The second kappa shape index (κ2) is 10.3. The number of nitrogens with one attached hydrogen (secondary N) is 1. The number of aromatic hydroxyl groups is 1. The van der Waals surface area contributed by atoms with Gasteiger partial charge in [-0.05, 0) is 48.2 Å². The molecule has 4 rings (SSSR count). The van der Waals surface area contributed by atoms with Gasteiger partial charge in [0.25, 0.3) is 16.0 Å².